The van der Waals surface area contributed by atoms with Crippen molar-refractivity contribution in [3.63, 3.8) is 0 Å². The lowest BCUT2D eigenvalue weighted by molar-refractivity contribution is -0.141. The van der Waals surface area contributed by atoms with Crippen LogP contribution in [0, 0.1) is 17.3 Å². The van der Waals surface area contributed by atoms with E-state index in [0.29, 0.717) is 30.7 Å². The van der Waals surface area contributed by atoms with E-state index >= 15 is 0 Å². The molecule has 2 atom stereocenters. The monoisotopic (exact) mass is 472 g/mol. The van der Waals surface area contributed by atoms with Gasteiger partial charge in [-0.15, -0.1) is 0 Å². The molecule has 4 rings (SSSR count). The molecule has 35 heavy (non-hydrogen) atoms. The lowest BCUT2D eigenvalue weighted by Crippen LogP contribution is -2.53. The number of hydrogen-bond donors (Lipinski definition) is 2. The van der Waals surface area contributed by atoms with Gasteiger partial charge in [0.05, 0.1) is 22.7 Å². The van der Waals surface area contributed by atoms with Gasteiger partial charge in [-0.3, -0.25) is 14.4 Å². The number of hydrogen-bond acceptors (Lipinski definition) is 4. The van der Waals surface area contributed by atoms with Crippen LogP contribution in [0.15, 0.2) is 71.7 Å². The first kappa shape index (κ1) is 24.4. The summed E-state index contributed by atoms with van der Waals surface area (Å²) in [4.78, 5) is 46.1. The second-order valence-electron chi connectivity index (χ2n) is 9.75. The molecule has 1 heterocycles. The maximum absolute atomic E-state index is 13.7. The highest BCUT2D eigenvalue weighted by molar-refractivity contribution is 6.20. The Hall–Kier alpha value is -3.74. The van der Waals surface area contributed by atoms with Crippen LogP contribution in [0.25, 0.3) is 0 Å². The highest BCUT2D eigenvalue weighted by Gasteiger charge is 2.49. The van der Waals surface area contributed by atoms with E-state index in [9.17, 15) is 14.4 Å². The number of aliphatic imine (C=N–C) groups is 1. The first-order valence-electron chi connectivity index (χ1n) is 12.0. The van der Waals surface area contributed by atoms with Crippen LogP contribution in [0.4, 0.5) is 5.69 Å². The third kappa shape index (κ3) is 4.63. The Morgan fingerprint density at radius 2 is 1.71 bits per heavy atom. The number of benzene rings is 2. The Kier molecular flexibility index (Phi) is 6.87. The van der Waals surface area contributed by atoms with E-state index in [0.717, 1.165) is 11.1 Å². The molecule has 7 heteroatoms. The lowest BCUT2D eigenvalue weighted by Gasteiger charge is -2.35. The maximum Gasteiger partial charge on any atom is 0.272 e. The molecule has 3 amide bonds. The number of anilines is 1. The van der Waals surface area contributed by atoms with E-state index in [2.05, 4.69) is 5.32 Å². The van der Waals surface area contributed by atoms with Crippen LogP contribution in [0.5, 0.6) is 0 Å². The fourth-order valence-electron chi connectivity index (χ4n) is 5.06. The molecule has 0 saturated carbocycles. The summed E-state index contributed by atoms with van der Waals surface area (Å²) in [6.07, 6.45) is 3.97. The van der Waals surface area contributed by atoms with Crippen LogP contribution in [-0.4, -0.2) is 36.6 Å². The molecule has 7 nitrogen and oxygen atoms in total. The predicted molar refractivity (Wildman–Crippen MR) is 137 cm³/mol. The highest BCUT2D eigenvalue weighted by Crippen LogP contribution is 2.43. The Labute approximate surface area is 206 Å². The predicted octanol–water partition coefficient (Wildman–Crippen LogP) is 3.43. The molecule has 2 aromatic rings. The number of amides is 3. The van der Waals surface area contributed by atoms with Gasteiger partial charge in [0, 0.05) is 18.2 Å². The van der Waals surface area contributed by atoms with Crippen molar-refractivity contribution >= 4 is 29.1 Å². The van der Waals surface area contributed by atoms with Crippen molar-refractivity contribution in [1.82, 2.24) is 5.32 Å². The Balaban J connectivity index is 1.74. The number of carbonyl (C=O) groups is 3. The second kappa shape index (κ2) is 9.86. The summed E-state index contributed by atoms with van der Waals surface area (Å²) in [7, 11) is 1.68. The normalized spacial score (nSPS) is 19.7. The number of carbonyl (C=O) groups excluding carboxylic acids is 3. The molecular formula is C28H32N4O3. The van der Waals surface area contributed by atoms with Crippen LogP contribution < -0.4 is 16.0 Å². The summed E-state index contributed by atoms with van der Waals surface area (Å²) in [5, 5.41) is 2.88. The van der Waals surface area contributed by atoms with Crippen molar-refractivity contribution in [2.45, 2.75) is 39.3 Å². The van der Waals surface area contributed by atoms with E-state index in [4.69, 9.17) is 10.7 Å². The minimum atomic E-state index is -1.14. The summed E-state index contributed by atoms with van der Waals surface area (Å²) in [5.41, 5.74) is 7.83. The molecule has 0 radical (unpaired) electrons. The molecule has 1 aliphatic heterocycles. The van der Waals surface area contributed by atoms with Crippen molar-refractivity contribution in [1.29, 1.82) is 0 Å². The molecule has 2 aliphatic rings. The molecule has 0 spiro atoms. The summed E-state index contributed by atoms with van der Waals surface area (Å²) in [6, 6.07) is 17.1. The number of likely N-dealkylation sites (N-methyl/N-ethyl adjacent to an activating group) is 1. The van der Waals surface area contributed by atoms with Crippen molar-refractivity contribution in [3.8, 4) is 0 Å². The van der Waals surface area contributed by atoms with E-state index in [-0.39, 0.29) is 17.7 Å². The van der Waals surface area contributed by atoms with Gasteiger partial charge in [0.1, 0.15) is 0 Å². The van der Waals surface area contributed by atoms with Crippen LogP contribution in [0.2, 0.25) is 0 Å². The number of benzodiazepines with no additional fused rings is 1. The zero-order chi connectivity index (χ0) is 25.2. The third-order valence-corrected chi connectivity index (χ3v) is 6.98. The molecule has 1 aliphatic carbocycles. The minimum absolute atomic E-state index is 0.155. The molecule has 2 aromatic carbocycles. The zero-order valence-corrected chi connectivity index (χ0v) is 20.4. The van der Waals surface area contributed by atoms with E-state index in [1.54, 1.807) is 7.05 Å². The van der Waals surface area contributed by atoms with Crippen LogP contribution in [0.3, 0.4) is 0 Å². The van der Waals surface area contributed by atoms with Crippen LogP contribution in [-0.2, 0) is 14.4 Å². The molecule has 0 unspecified atom stereocenters. The zero-order valence-electron chi connectivity index (χ0n) is 20.4. The Bertz CT molecular complexity index is 1180. The van der Waals surface area contributed by atoms with Gasteiger partial charge in [-0.1, -0.05) is 74.5 Å². The smallest absolute Gasteiger partial charge is 0.272 e. The van der Waals surface area contributed by atoms with Gasteiger partial charge in [-0.2, -0.15) is 0 Å². The number of allylic oxidation sites excluding steroid dienone is 2. The number of para-hydroxylation sites is 1. The molecule has 0 saturated heterocycles. The summed E-state index contributed by atoms with van der Waals surface area (Å²) < 4.78 is 0. The fourth-order valence-corrected chi connectivity index (χ4v) is 5.06. The molecule has 0 fully saturated rings. The molecular weight excluding hydrogens is 440 g/mol. The first-order valence-corrected chi connectivity index (χ1v) is 12.0. The summed E-state index contributed by atoms with van der Waals surface area (Å²) in [6.45, 7) is 4.01. The number of nitrogens with two attached hydrogens (primary N) is 1. The molecule has 182 valence electrons. The number of nitrogens with one attached hydrogen (secondary N) is 1. The SMILES string of the molecule is CC(C)C[C@@H](C(=O)N[C@H]1N=C(c2ccccc2)c2ccccc2N(C)C1=O)C1(C(N)=O)CC=CC1. The van der Waals surface area contributed by atoms with Crippen molar-refractivity contribution in [2.24, 2.45) is 28.0 Å². The number of nitrogens with zero attached hydrogens (tertiary/aromatic N) is 2. The van der Waals surface area contributed by atoms with Gasteiger partial charge < -0.3 is 16.0 Å². The number of primary amides is 1. The van der Waals surface area contributed by atoms with E-state index in [1.165, 1.54) is 4.90 Å². The summed E-state index contributed by atoms with van der Waals surface area (Å²) >= 11 is 0. The molecule has 0 bridgehead atoms. The average Bonchev–Trinajstić information content (AvgIpc) is 3.32. The fraction of sp³-hybridized carbons (Fsp3) is 0.357. The highest BCUT2D eigenvalue weighted by atomic mass is 16.2. The number of fused-ring (bicyclic) bond motifs is 1. The van der Waals surface area contributed by atoms with E-state index in [1.807, 2.05) is 80.6 Å². The van der Waals surface area contributed by atoms with Gasteiger partial charge in [-0.05, 0) is 31.2 Å². The Morgan fingerprint density at radius 1 is 1.09 bits per heavy atom. The van der Waals surface area contributed by atoms with Gasteiger partial charge in [0.25, 0.3) is 5.91 Å². The second-order valence-corrected chi connectivity index (χ2v) is 9.75. The third-order valence-electron chi connectivity index (χ3n) is 6.98. The molecule has 0 aromatic heterocycles. The standard InChI is InChI=1S/C28H32N4O3/c1-18(2)17-21(28(27(29)35)15-9-10-16-28)25(33)31-24-26(34)32(3)22-14-8-7-13-20(22)23(30-24)19-11-5-4-6-12-19/h4-14,18,21,24H,15-17H2,1-3H3,(H2,29,35)(H,31,33)/t21-,24+/m0/s1. The van der Waals surface area contributed by atoms with Crippen molar-refractivity contribution in [2.75, 3.05) is 11.9 Å². The maximum atomic E-state index is 13.7. The van der Waals surface area contributed by atoms with Gasteiger partial charge in [0.15, 0.2) is 0 Å². The minimum Gasteiger partial charge on any atom is -0.369 e. The van der Waals surface area contributed by atoms with Gasteiger partial charge >= 0.3 is 0 Å². The average molecular weight is 473 g/mol. The van der Waals surface area contributed by atoms with Crippen LogP contribution >= 0.6 is 0 Å². The topological polar surface area (TPSA) is 105 Å². The van der Waals surface area contributed by atoms with E-state index < -0.39 is 23.4 Å². The van der Waals surface area contributed by atoms with Gasteiger partial charge in [-0.25, -0.2) is 4.99 Å². The van der Waals surface area contributed by atoms with Crippen LogP contribution in [0.1, 0.15) is 44.2 Å². The Morgan fingerprint density at radius 3 is 2.34 bits per heavy atom. The molecule has 3 N–H and O–H groups in total. The quantitative estimate of drug-likeness (QED) is 0.603. The lowest BCUT2D eigenvalue weighted by atomic mass is 9.69. The van der Waals surface area contributed by atoms with Gasteiger partial charge in [0.2, 0.25) is 18.0 Å². The van der Waals surface area contributed by atoms with Crippen molar-refractivity contribution < 1.29 is 14.4 Å². The van der Waals surface area contributed by atoms with Crippen molar-refractivity contribution in [3.05, 3.63) is 77.9 Å². The largest absolute Gasteiger partial charge is 0.369 e. The first-order chi connectivity index (χ1) is 16.7. The summed E-state index contributed by atoms with van der Waals surface area (Å²) in [5.74, 6) is -1.74. The number of rotatable bonds is 7.